The van der Waals surface area contributed by atoms with E-state index in [1.54, 1.807) is 0 Å². The van der Waals surface area contributed by atoms with Crippen molar-refractivity contribution in [1.29, 1.82) is 0 Å². The Kier molecular flexibility index (Phi) is 5.59. The van der Waals surface area contributed by atoms with E-state index in [4.69, 9.17) is 5.73 Å². The van der Waals surface area contributed by atoms with E-state index in [9.17, 15) is 14.7 Å². The molecule has 0 radical (unpaired) electrons. The van der Waals surface area contributed by atoms with Crippen molar-refractivity contribution in [2.24, 2.45) is 17.1 Å². The second kappa shape index (κ2) is 6.73. The van der Waals surface area contributed by atoms with E-state index in [0.29, 0.717) is 25.8 Å². The van der Waals surface area contributed by atoms with Gasteiger partial charge in [0.1, 0.15) is 0 Å². The fourth-order valence-electron chi connectivity index (χ4n) is 2.51. The Labute approximate surface area is 108 Å². The summed E-state index contributed by atoms with van der Waals surface area (Å²) < 4.78 is 0. The minimum atomic E-state index is -0.783. The SMILES string of the molecule is CC(CCN)C(=O)NCC1(C(=O)O)CCCCC1. The van der Waals surface area contributed by atoms with Gasteiger partial charge in [0.25, 0.3) is 0 Å². The summed E-state index contributed by atoms with van der Waals surface area (Å²) in [4.78, 5) is 23.2. The predicted octanol–water partition coefficient (Wildman–Crippen LogP) is 1.12. The number of amides is 1. The molecule has 0 aromatic rings. The Bertz CT molecular complexity index is 299. The second-order valence-corrected chi connectivity index (χ2v) is 5.34. The lowest BCUT2D eigenvalue weighted by Crippen LogP contribution is -2.45. The van der Waals surface area contributed by atoms with Gasteiger partial charge in [0.15, 0.2) is 0 Å². The molecule has 104 valence electrons. The number of nitrogens with two attached hydrogens (primary N) is 1. The van der Waals surface area contributed by atoms with Gasteiger partial charge in [-0.1, -0.05) is 26.2 Å². The average molecular weight is 256 g/mol. The molecule has 18 heavy (non-hydrogen) atoms. The van der Waals surface area contributed by atoms with E-state index in [1.165, 1.54) is 0 Å². The van der Waals surface area contributed by atoms with Crippen molar-refractivity contribution in [3.63, 3.8) is 0 Å². The number of hydrogen-bond acceptors (Lipinski definition) is 3. The molecule has 5 heteroatoms. The lowest BCUT2D eigenvalue weighted by atomic mass is 9.74. The Morgan fingerprint density at radius 2 is 1.94 bits per heavy atom. The van der Waals surface area contributed by atoms with Crippen LogP contribution in [0.4, 0.5) is 0 Å². The first-order chi connectivity index (χ1) is 8.52. The number of rotatable bonds is 6. The molecule has 1 fully saturated rings. The highest BCUT2D eigenvalue weighted by molar-refractivity contribution is 5.80. The van der Waals surface area contributed by atoms with Crippen LogP contribution in [-0.2, 0) is 9.59 Å². The van der Waals surface area contributed by atoms with Crippen LogP contribution in [0.15, 0.2) is 0 Å². The molecular formula is C13H24N2O3. The number of aliphatic carboxylic acids is 1. The van der Waals surface area contributed by atoms with E-state index >= 15 is 0 Å². The molecule has 0 saturated heterocycles. The summed E-state index contributed by atoms with van der Waals surface area (Å²) in [6.45, 7) is 2.53. The van der Waals surface area contributed by atoms with Gasteiger partial charge < -0.3 is 16.2 Å². The van der Waals surface area contributed by atoms with Crippen molar-refractivity contribution < 1.29 is 14.7 Å². The van der Waals surface area contributed by atoms with Crippen LogP contribution in [0, 0.1) is 11.3 Å². The molecule has 4 N–H and O–H groups in total. The van der Waals surface area contributed by atoms with E-state index in [1.807, 2.05) is 6.92 Å². The van der Waals surface area contributed by atoms with Crippen LogP contribution in [0.2, 0.25) is 0 Å². The first kappa shape index (κ1) is 15.0. The first-order valence-electron chi connectivity index (χ1n) is 6.73. The second-order valence-electron chi connectivity index (χ2n) is 5.34. The van der Waals surface area contributed by atoms with E-state index in [0.717, 1.165) is 19.3 Å². The third-order valence-electron chi connectivity index (χ3n) is 3.91. The molecule has 1 rings (SSSR count). The number of hydrogen-bond donors (Lipinski definition) is 3. The Morgan fingerprint density at radius 3 is 2.44 bits per heavy atom. The standard InChI is InChI=1S/C13H24N2O3/c1-10(5-8-14)11(16)15-9-13(12(17)18)6-3-2-4-7-13/h10H,2-9,14H2,1H3,(H,15,16)(H,17,18). The maximum atomic E-state index is 11.8. The van der Waals surface area contributed by atoms with Crippen LogP contribution in [0.3, 0.4) is 0 Å². The Balaban J connectivity index is 2.52. The molecule has 1 saturated carbocycles. The van der Waals surface area contributed by atoms with Gasteiger partial charge in [0, 0.05) is 12.5 Å². The third kappa shape index (κ3) is 3.70. The molecule has 0 spiro atoms. The van der Waals surface area contributed by atoms with Gasteiger partial charge in [-0.2, -0.15) is 0 Å². The van der Waals surface area contributed by atoms with Crippen molar-refractivity contribution in [2.75, 3.05) is 13.1 Å². The van der Waals surface area contributed by atoms with Crippen LogP contribution >= 0.6 is 0 Å². The highest BCUT2D eigenvalue weighted by Crippen LogP contribution is 2.36. The van der Waals surface area contributed by atoms with Gasteiger partial charge in [-0.15, -0.1) is 0 Å². The molecular weight excluding hydrogens is 232 g/mol. The summed E-state index contributed by atoms with van der Waals surface area (Å²) >= 11 is 0. The van der Waals surface area contributed by atoms with E-state index < -0.39 is 11.4 Å². The van der Waals surface area contributed by atoms with Gasteiger partial charge in [-0.25, -0.2) is 0 Å². The smallest absolute Gasteiger partial charge is 0.311 e. The van der Waals surface area contributed by atoms with Crippen molar-refractivity contribution in [1.82, 2.24) is 5.32 Å². The molecule has 0 aromatic carbocycles. The minimum absolute atomic E-state index is 0.0911. The maximum absolute atomic E-state index is 11.8. The summed E-state index contributed by atoms with van der Waals surface area (Å²) in [5.74, 6) is -1.02. The zero-order valence-corrected chi connectivity index (χ0v) is 11.1. The summed E-state index contributed by atoms with van der Waals surface area (Å²) in [6.07, 6.45) is 4.90. The zero-order chi connectivity index (χ0) is 13.6. The fraction of sp³-hybridized carbons (Fsp3) is 0.846. The van der Waals surface area contributed by atoms with Gasteiger partial charge >= 0.3 is 5.97 Å². The summed E-state index contributed by atoms with van der Waals surface area (Å²) in [5, 5.41) is 12.2. The largest absolute Gasteiger partial charge is 0.481 e. The molecule has 1 amide bonds. The quantitative estimate of drug-likeness (QED) is 0.664. The first-order valence-corrected chi connectivity index (χ1v) is 6.73. The van der Waals surface area contributed by atoms with Gasteiger partial charge in [0.05, 0.1) is 5.41 Å². The Hall–Kier alpha value is -1.10. The molecule has 1 aliphatic carbocycles. The normalized spacial score (nSPS) is 20.1. The van der Waals surface area contributed by atoms with Crippen molar-refractivity contribution in [3.8, 4) is 0 Å². The maximum Gasteiger partial charge on any atom is 0.311 e. The number of carboxylic acids is 1. The molecule has 0 heterocycles. The number of carbonyl (C=O) groups excluding carboxylic acids is 1. The number of carboxylic acid groups (broad SMARTS) is 1. The average Bonchev–Trinajstić information content (AvgIpc) is 2.37. The monoisotopic (exact) mass is 256 g/mol. The van der Waals surface area contributed by atoms with Crippen LogP contribution in [-0.4, -0.2) is 30.1 Å². The third-order valence-corrected chi connectivity index (χ3v) is 3.91. The van der Waals surface area contributed by atoms with Crippen molar-refractivity contribution in [2.45, 2.75) is 45.4 Å². The highest BCUT2D eigenvalue weighted by atomic mass is 16.4. The lowest BCUT2D eigenvalue weighted by molar-refractivity contribution is -0.151. The van der Waals surface area contributed by atoms with Crippen LogP contribution in [0.5, 0.6) is 0 Å². The predicted molar refractivity (Wildman–Crippen MR) is 69.0 cm³/mol. The minimum Gasteiger partial charge on any atom is -0.481 e. The molecule has 1 unspecified atom stereocenters. The van der Waals surface area contributed by atoms with Crippen LogP contribution in [0.1, 0.15) is 45.4 Å². The lowest BCUT2D eigenvalue weighted by Gasteiger charge is -2.33. The van der Waals surface area contributed by atoms with E-state index in [-0.39, 0.29) is 18.4 Å². The summed E-state index contributed by atoms with van der Waals surface area (Å²) in [5.41, 5.74) is 4.65. The van der Waals surface area contributed by atoms with Crippen LogP contribution in [0.25, 0.3) is 0 Å². The highest BCUT2D eigenvalue weighted by Gasteiger charge is 2.39. The van der Waals surface area contributed by atoms with E-state index in [2.05, 4.69) is 5.32 Å². The molecule has 0 aliphatic heterocycles. The van der Waals surface area contributed by atoms with Gasteiger partial charge in [-0.3, -0.25) is 9.59 Å². The molecule has 5 nitrogen and oxygen atoms in total. The Morgan fingerprint density at radius 1 is 1.33 bits per heavy atom. The van der Waals surface area contributed by atoms with Crippen molar-refractivity contribution in [3.05, 3.63) is 0 Å². The summed E-state index contributed by atoms with van der Waals surface area (Å²) in [7, 11) is 0. The topological polar surface area (TPSA) is 92.4 Å². The number of carbonyl (C=O) groups is 2. The summed E-state index contributed by atoms with van der Waals surface area (Å²) in [6, 6.07) is 0. The zero-order valence-electron chi connectivity index (χ0n) is 11.1. The van der Waals surface area contributed by atoms with Gasteiger partial charge in [0.2, 0.25) is 5.91 Å². The molecule has 1 atom stereocenters. The molecule has 0 bridgehead atoms. The van der Waals surface area contributed by atoms with Crippen molar-refractivity contribution >= 4 is 11.9 Å². The van der Waals surface area contributed by atoms with Crippen LogP contribution < -0.4 is 11.1 Å². The molecule has 1 aliphatic rings. The molecule has 0 aromatic heterocycles. The number of nitrogens with one attached hydrogen (secondary N) is 1. The fourth-order valence-corrected chi connectivity index (χ4v) is 2.51. The van der Waals surface area contributed by atoms with Gasteiger partial charge in [-0.05, 0) is 25.8 Å².